The van der Waals surface area contributed by atoms with Gasteiger partial charge in [0.05, 0.1) is 24.4 Å². The SMILES string of the molecule is CC(Nc1ccc2c(c1F)OCCn1cc(N3C(=O)COC[C@H]3C(F)F)nc1-2)C(N)=O. The number of ether oxygens (including phenoxy) is 2. The molecule has 1 aromatic carbocycles. The number of hydrogen-bond acceptors (Lipinski definition) is 6. The molecule has 2 aliphatic heterocycles. The molecule has 1 saturated heterocycles. The third-order valence-corrected chi connectivity index (χ3v) is 5.13. The van der Waals surface area contributed by atoms with Crippen LogP contribution < -0.4 is 20.7 Å². The van der Waals surface area contributed by atoms with Crippen LogP contribution in [0.25, 0.3) is 11.4 Å². The van der Waals surface area contributed by atoms with E-state index in [4.69, 9.17) is 15.2 Å². The molecule has 4 rings (SSSR count). The minimum Gasteiger partial charge on any atom is -0.488 e. The number of halogens is 3. The number of hydrogen-bond donors (Lipinski definition) is 2. The highest BCUT2D eigenvalue weighted by atomic mass is 19.3. The lowest BCUT2D eigenvalue weighted by molar-refractivity contribution is -0.130. The second-order valence-corrected chi connectivity index (χ2v) is 7.22. The van der Waals surface area contributed by atoms with Crippen LogP contribution in [-0.2, 0) is 20.9 Å². The summed E-state index contributed by atoms with van der Waals surface area (Å²) in [4.78, 5) is 28.8. The summed E-state index contributed by atoms with van der Waals surface area (Å²) >= 11 is 0. The molecule has 0 saturated carbocycles. The number of aromatic nitrogens is 2. The molecule has 1 unspecified atom stereocenters. The van der Waals surface area contributed by atoms with Crippen LogP contribution in [0.1, 0.15) is 6.92 Å². The predicted molar refractivity (Wildman–Crippen MR) is 103 cm³/mol. The van der Waals surface area contributed by atoms with Crippen LogP contribution >= 0.6 is 0 Å². The van der Waals surface area contributed by atoms with Crippen molar-refractivity contribution in [2.45, 2.75) is 32.0 Å². The van der Waals surface area contributed by atoms with Crippen LogP contribution in [0.5, 0.6) is 5.75 Å². The number of fused-ring (bicyclic) bond motifs is 3. The molecule has 1 aromatic heterocycles. The largest absolute Gasteiger partial charge is 0.488 e. The number of nitrogens with two attached hydrogens (primary N) is 1. The Bertz CT molecular complexity index is 1030. The minimum atomic E-state index is -2.82. The molecule has 2 aromatic rings. The molecule has 2 atom stereocenters. The maximum absolute atomic E-state index is 15.1. The van der Waals surface area contributed by atoms with Gasteiger partial charge in [-0.2, -0.15) is 0 Å². The number of benzene rings is 1. The first-order chi connectivity index (χ1) is 14.8. The Labute approximate surface area is 174 Å². The Morgan fingerprint density at radius 3 is 2.87 bits per heavy atom. The van der Waals surface area contributed by atoms with Gasteiger partial charge in [0.1, 0.15) is 31.1 Å². The number of primary amides is 1. The lowest BCUT2D eigenvalue weighted by Gasteiger charge is -2.33. The lowest BCUT2D eigenvalue weighted by atomic mass is 10.1. The fraction of sp³-hybridized carbons (Fsp3) is 0.421. The first-order valence-corrected chi connectivity index (χ1v) is 9.54. The molecule has 3 heterocycles. The quantitative estimate of drug-likeness (QED) is 0.728. The Hall–Kier alpha value is -3.28. The van der Waals surface area contributed by atoms with E-state index in [-0.39, 0.29) is 55.0 Å². The smallest absolute Gasteiger partial charge is 0.261 e. The highest BCUT2D eigenvalue weighted by Crippen LogP contribution is 2.39. The maximum atomic E-state index is 15.1. The van der Waals surface area contributed by atoms with Gasteiger partial charge in [-0.15, -0.1) is 0 Å². The highest BCUT2D eigenvalue weighted by molar-refractivity contribution is 5.95. The van der Waals surface area contributed by atoms with Gasteiger partial charge in [0.25, 0.3) is 12.3 Å². The number of nitrogens with one attached hydrogen (secondary N) is 1. The zero-order valence-electron chi connectivity index (χ0n) is 16.5. The monoisotopic (exact) mass is 439 g/mol. The number of amides is 2. The molecule has 0 aliphatic carbocycles. The normalized spacial score (nSPS) is 19.3. The van der Waals surface area contributed by atoms with Crippen molar-refractivity contribution in [1.82, 2.24) is 9.55 Å². The zero-order valence-corrected chi connectivity index (χ0v) is 16.5. The number of morpholine rings is 1. The summed E-state index contributed by atoms with van der Waals surface area (Å²) in [5.41, 5.74) is 5.52. The Morgan fingerprint density at radius 1 is 1.39 bits per heavy atom. The van der Waals surface area contributed by atoms with Gasteiger partial charge in [0.15, 0.2) is 17.4 Å². The summed E-state index contributed by atoms with van der Waals surface area (Å²) in [6.45, 7) is 1.19. The molecule has 1 fully saturated rings. The molecule has 2 aliphatic rings. The van der Waals surface area contributed by atoms with E-state index in [1.165, 1.54) is 25.3 Å². The van der Waals surface area contributed by atoms with Crippen molar-refractivity contribution in [3.8, 4) is 17.1 Å². The molecule has 9 nitrogen and oxygen atoms in total. The Balaban J connectivity index is 1.74. The van der Waals surface area contributed by atoms with E-state index >= 15 is 4.39 Å². The van der Waals surface area contributed by atoms with Crippen molar-refractivity contribution in [1.29, 1.82) is 0 Å². The summed E-state index contributed by atoms with van der Waals surface area (Å²) in [6.07, 6.45) is -1.36. The van der Waals surface area contributed by atoms with Crippen LogP contribution in [0.4, 0.5) is 24.7 Å². The fourth-order valence-electron chi connectivity index (χ4n) is 3.52. The van der Waals surface area contributed by atoms with Gasteiger partial charge >= 0.3 is 0 Å². The highest BCUT2D eigenvalue weighted by Gasteiger charge is 2.38. The second kappa shape index (κ2) is 8.10. The van der Waals surface area contributed by atoms with Gasteiger partial charge in [-0.25, -0.2) is 18.2 Å². The van der Waals surface area contributed by atoms with E-state index in [9.17, 15) is 18.4 Å². The molecule has 166 valence electrons. The van der Waals surface area contributed by atoms with E-state index < -0.39 is 36.1 Å². The van der Waals surface area contributed by atoms with Crippen molar-refractivity contribution in [3.63, 3.8) is 0 Å². The van der Waals surface area contributed by atoms with Gasteiger partial charge in [0, 0.05) is 6.20 Å². The standard InChI is InChI=1S/C19H20F3N5O4/c1-9(18(23)29)24-11-3-2-10-16(15(11)20)31-5-4-26-6-13(25-19(10)26)27-12(17(21)22)7-30-8-14(27)28/h2-3,6,9,12,17,24H,4-5,7-8H2,1H3,(H2,23,29)/t9?,12-/m0/s1. The molecular formula is C19H20F3N5O4. The van der Waals surface area contributed by atoms with Crippen LogP contribution in [0.15, 0.2) is 18.3 Å². The van der Waals surface area contributed by atoms with Crippen molar-refractivity contribution >= 4 is 23.3 Å². The van der Waals surface area contributed by atoms with Crippen molar-refractivity contribution in [2.24, 2.45) is 5.73 Å². The topological polar surface area (TPSA) is 112 Å². The number of carbonyl (C=O) groups is 2. The van der Waals surface area contributed by atoms with Crippen molar-refractivity contribution in [3.05, 3.63) is 24.1 Å². The number of nitrogens with zero attached hydrogens (tertiary/aromatic N) is 3. The summed E-state index contributed by atoms with van der Waals surface area (Å²) in [7, 11) is 0. The van der Waals surface area contributed by atoms with Crippen LogP contribution in [0.3, 0.4) is 0 Å². The predicted octanol–water partition coefficient (Wildman–Crippen LogP) is 1.36. The van der Waals surface area contributed by atoms with E-state index in [2.05, 4.69) is 10.3 Å². The molecule has 0 bridgehead atoms. The van der Waals surface area contributed by atoms with Crippen molar-refractivity contribution in [2.75, 3.05) is 30.0 Å². The molecule has 0 spiro atoms. The zero-order chi connectivity index (χ0) is 22.3. The maximum Gasteiger partial charge on any atom is 0.261 e. The average Bonchev–Trinajstić information content (AvgIpc) is 3.05. The Morgan fingerprint density at radius 2 is 2.16 bits per heavy atom. The summed E-state index contributed by atoms with van der Waals surface area (Å²) < 4.78 is 54.1. The molecular weight excluding hydrogens is 419 g/mol. The number of carbonyl (C=O) groups excluding carboxylic acids is 2. The average molecular weight is 439 g/mol. The van der Waals surface area contributed by atoms with Gasteiger partial charge in [-0.1, -0.05) is 0 Å². The fourth-order valence-corrected chi connectivity index (χ4v) is 3.52. The number of anilines is 2. The van der Waals surface area contributed by atoms with Crippen LogP contribution in [0, 0.1) is 5.82 Å². The van der Waals surface area contributed by atoms with Gasteiger partial charge < -0.3 is 25.1 Å². The molecule has 31 heavy (non-hydrogen) atoms. The lowest BCUT2D eigenvalue weighted by Crippen LogP contribution is -2.53. The summed E-state index contributed by atoms with van der Waals surface area (Å²) in [5.74, 6) is -1.82. The molecule has 0 radical (unpaired) electrons. The van der Waals surface area contributed by atoms with Gasteiger partial charge in [0.2, 0.25) is 5.91 Å². The first-order valence-electron chi connectivity index (χ1n) is 9.54. The second-order valence-electron chi connectivity index (χ2n) is 7.22. The van der Waals surface area contributed by atoms with E-state index in [1.807, 2.05) is 0 Å². The third-order valence-electron chi connectivity index (χ3n) is 5.13. The van der Waals surface area contributed by atoms with Crippen LogP contribution in [-0.4, -0.2) is 59.7 Å². The first kappa shape index (κ1) is 21.0. The number of imidazole rings is 1. The molecule has 12 heteroatoms. The molecule has 3 N–H and O–H groups in total. The third kappa shape index (κ3) is 3.78. The number of alkyl halides is 2. The van der Waals surface area contributed by atoms with E-state index in [0.717, 1.165) is 4.90 Å². The minimum absolute atomic E-state index is 0.0198. The van der Waals surface area contributed by atoms with E-state index in [1.54, 1.807) is 4.57 Å². The summed E-state index contributed by atoms with van der Waals surface area (Å²) in [6, 6.07) is 0.664. The summed E-state index contributed by atoms with van der Waals surface area (Å²) in [5, 5.41) is 2.68. The van der Waals surface area contributed by atoms with Gasteiger partial charge in [-0.05, 0) is 19.1 Å². The van der Waals surface area contributed by atoms with Gasteiger partial charge in [-0.3, -0.25) is 14.5 Å². The number of rotatable bonds is 5. The van der Waals surface area contributed by atoms with E-state index in [0.29, 0.717) is 0 Å². The van der Waals surface area contributed by atoms with Crippen molar-refractivity contribution < 1.29 is 32.2 Å². The Kier molecular flexibility index (Phi) is 5.48. The van der Waals surface area contributed by atoms with Crippen LogP contribution in [0.2, 0.25) is 0 Å². The molecule has 2 amide bonds.